The fourth-order valence-corrected chi connectivity index (χ4v) is 4.25. The Hall–Kier alpha value is -0.850. The molecule has 0 spiro atoms. The molecule has 0 N–H and O–H groups in total. The molecule has 1 heterocycles. The van der Waals surface area contributed by atoms with Gasteiger partial charge in [0.2, 0.25) is 0 Å². The third-order valence-corrected chi connectivity index (χ3v) is 5.87. The first-order valence-corrected chi connectivity index (χ1v) is 12.2. The van der Waals surface area contributed by atoms with E-state index in [1.165, 1.54) is 57.1 Å². The van der Waals surface area contributed by atoms with Gasteiger partial charge in [-0.2, -0.15) is 0 Å². The van der Waals surface area contributed by atoms with Gasteiger partial charge in [-0.1, -0.05) is 100 Å². The molecule has 0 radical (unpaired) electrons. The van der Waals surface area contributed by atoms with E-state index < -0.39 is 0 Å². The first-order chi connectivity index (χ1) is 13.3. The summed E-state index contributed by atoms with van der Waals surface area (Å²) in [6, 6.07) is 6.06. The molecule has 1 aromatic rings. The van der Waals surface area contributed by atoms with Gasteiger partial charge in [0.1, 0.15) is 0 Å². The monoisotopic (exact) mass is 401 g/mol. The Morgan fingerprint density at radius 1 is 0.759 bits per heavy atom. The van der Waals surface area contributed by atoms with Crippen LogP contribution in [0.4, 0.5) is 0 Å². The van der Waals surface area contributed by atoms with Crippen molar-refractivity contribution in [3.05, 3.63) is 30.1 Å². The zero-order valence-corrected chi connectivity index (χ0v) is 21.3. The highest BCUT2D eigenvalue weighted by atomic mass is 14.7. The Morgan fingerprint density at radius 3 is 1.69 bits per heavy atom. The molecule has 0 bridgehead atoms. The summed E-state index contributed by atoms with van der Waals surface area (Å²) in [6.45, 7) is 20.7. The molecule has 168 valence electrons. The van der Waals surface area contributed by atoms with Crippen LogP contribution >= 0.6 is 0 Å². The molecule has 2 fully saturated rings. The lowest BCUT2D eigenvalue weighted by Crippen LogP contribution is -2.15. The van der Waals surface area contributed by atoms with Crippen LogP contribution in [-0.4, -0.2) is 4.98 Å². The molecule has 0 amide bonds. The Morgan fingerprint density at radius 2 is 1.34 bits per heavy atom. The number of hydrogen-bond acceptors (Lipinski definition) is 1. The van der Waals surface area contributed by atoms with E-state index in [1.54, 1.807) is 0 Å². The van der Waals surface area contributed by atoms with Crippen LogP contribution in [0.3, 0.4) is 0 Å². The fourth-order valence-electron chi connectivity index (χ4n) is 4.25. The van der Waals surface area contributed by atoms with Crippen LogP contribution in [0.2, 0.25) is 0 Å². The van der Waals surface area contributed by atoms with E-state index in [2.05, 4.69) is 73.4 Å². The van der Waals surface area contributed by atoms with Gasteiger partial charge in [-0.15, -0.1) is 0 Å². The second-order valence-corrected chi connectivity index (χ2v) is 13.0. The summed E-state index contributed by atoms with van der Waals surface area (Å²) in [5.41, 5.74) is 2.69. The lowest BCUT2D eigenvalue weighted by Gasteiger charge is -2.28. The standard InChI is InChI=1S/C11H22.C10H15N.C7H14/c1-11(2,3)9-10-7-5-4-6-8-10;1-10(2,3)8-9-6-4-5-7-11-9;1-7(2,3)6-4-5-6/h10H,4-9H2,1-3H3;4-7H,8H2,1-3H3;6H,4-5H2,1-3H3. The maximum atomic E-state index is 4.26. The van der Waals surface area contributed by atoms with E-state index in [1.807, 2.05) is 18.3 Å². The Balaban J connectivity index is 0.000000223. The van der Waals surface area contributed by atoms with Crippen molar-refractivity contribution in [2.75, 3.05) is 0 Å². The lowest BCUT2D eigenvalue weighted by atomic mass is 9.78. The minimum absolute atomic E-state index is 0.342. The summed E-state index contributed by atoms with van der Waals surface area (Å²) >= 11 is 0. The van der Waals surface area contributed by atoms with Crippen molar-refractivity contribution >= 4 is 0 Å². The van der Waals surface area contributed by atoms with Crippen molar-refractivity contribution in [3.63, 3.8) is 0 Å². The Bertz CT molecular complexity index is 528. The first-order valence-electron chi connectivity index (χ1n) is 12.2. The molecule has 1 nitrogen and oxygen atoms in total. The van der Waals surface area contributed by atoms with Gasteiger partial charge in [0.15, 0.2) is 0 Å². The zero-order valence-electron chi connectivity index (χ0n) is 21.3. The predicted octanol–water partition coefficient (Wildman–Crippen LogP) is 9.12. The normalized spacial score (nSPS) is 18.2. The molecule has 3 rings (SSSR count). The molecule has 0 unspecified atom stereocenters. The van der Waals surface area contributed by atoms with Crippen LogP contribution in [-0.2, 0) is 6.42 Å². The molecular formula is C28H51N. The highest BCUT2D eigenvalue weighted by Gasteiger charge is 2.33. The topological polar surface area (TPSA) is 12.9 Å². The van der Waals surface area contributed by atoms with Crippen LogP contribution in [0, 0.1) is 28.1 Å². The quantitative estimate of drug-likeness (QED) is 0.481. The fraction of sp³-hybridized carbons (Fsp3) is 0.821. The summed E-state index contributed by atoms with van der Waals surface area (Å²) < 4.78 is 0. The highest BCUT2D eigenvalue weighted by molar-refractivity contribution is 5.05. The minimum Gasteiger partial charge on any atom is -0.261 e. The van der Waals surface area contributed by atoms with Gasteiger partial charge in [-0.05, 0) is 65.9 Å². The summed E-state index contributed by atoms with van der Waals surface area (Å²) in [4.78, 5) is 4.26. The summed E-state index contributed by atoms with van der Waals surface area (Å²) in [6.07, 6.45) is 14.7. The number of nitrogens with zero attached hydrogens (tertiary/aromatic N) is 1. The Labute approximate surface area is 183 Å². The highest BCUT2D eigenvalue weighted by Crippen LogP contribution is 2.44. The van der Waals surface area contributed by atoms with Crippen LogP contribution in [0.15, 0.2) is 24.4 Å². The molecular weight excluding hydrogens is 350 g/mol. The Kier molecular flexibility index (Phi) is 10.4. The molecule has 2 aliphatic carbocycles. The van der Waals surface area contributed by atoms with Crippen molar-refractivity contribution in [2.24, 2.45) is 28.1 Å². The summed E-state index contributed by atoms with van der Waals surface area (Å²) in [7, 11) is 0. The van der Waals surface area contributed by atoms with Gasteiger partial charge < -0.3 is 0 Å². The molecule has 0 aliphatic heterocycles. The molecule has 29 heavy (non-hydrogen) atoms. The molecule has 0 saturated heterocycles. The van der Waals surface area contributed by atoms with E-state index in [-0.39, 0.29) is 0 Å². The average molecular weight is 402 g/mol. The first kappa shape index (κ1) is 26.2. The number of rotatable bonds is 2. The third-order valence-electron chi connectivity index (χ3n) is 5.87. The van der Waals surface area contributed by atoms with E-state index in [0.29, 0.717) is 16.2 Å². The molecule has 0 atom stereocenters. The second-order valence-electron chi connectivity index (χ2n) is 13.0. The average Bonchev–Trinajstić information content (AvgIpc) is 3.39. The van der Waals surface area contributed by atoms with E-state index in [9.17, 15) is 0 Å². The minimum atomic E-state index is 0.342. The molecule has 2 saturated carbocycles. The van der Waals surface area contributed by atoms with Gasteiger partial charge in [0, 0.05) is 11.9 Å². The van der Waals surface area contributed by atoms with Gasteiger partial charge in [0.25, 0.3) is 0 Å². The molecule has 1 aromatic heterocycles. The maximum Gasteiger partial charge on any atom is 0.0408 e. The molecule has 1 heteroatoms. The van der Waals surface area contributed by atoms with Crippen LogP contribution in [0.5, 0.6) is 0 Å². The molecule has 0 aromatic carbocycles. The van der Waals surface area contributed by atoms with Crippen molar-refractivity contribution in [3.8, 4) is 0 Å². The number of hydrogen-bond donors (Lipinski definition) is 0. The predicted molar refractivity (Wildman–Crippen MR) is 130 cm³/mol. The van der Waals surface area contributed by atoms with E-state index >= 15 is 0 Å². The van der Waals surface area contributed by atoms with Crippen molar-refractivity contribution in [1.82, 2.24) is 4.98 Å². The number of aromatic nitrogens is 1. The van der Waals surface area contributed by atoms with E-state index in [4.69, 9.17) is 0 Å². The second kappa shape index (κ2) is 11.5. The van der Waals surface area contributed by atoms with Gasteiger partial charge in [-0.3, -0.25) is 4.98 Å². The molecule has 2 aliphatic rings. The van der Waals surface area contributed by atoms with Crippen LogP contribution < -0.4 is 0 Å². The summed E-state index contributed by atoms with van der Waals surface area (Å²) in [5.74, 6) is 2.09. The van der Waals surface area contributed by atoms with Crippen molar-refractivity contribution < 1.29 is 0 Å². The number of pyridine rings is 1. The van der Waals surface area contributed by atoms with Crippen LogP contribution in [0.25, 0.3) is 0 Å². The summed E-state index contributed by atoms with van der Waals surface area (Å²) in [5, 5.41) is 0. The van der Waals surface area contributed by atoms with Gasteiger partial charge in [-0.25, -0.2) is 0 Å². The maximum absolute atomic E-state index is 4.26. The van der Waals surface area contributed by atoms with Crippen LogP contribution in [0.1, 0.15) is 119 Å². The third kappa shape index (κ3) is 14.7. The van der Waals surface area contributed by atoms with Gasteiger partial charge >= 0.3 is 0 Å². The van der Waals surface area contributed by atoms with Crippen molar-refractivity contribution in [1.29, 1.82) is 0 Å². The van der Waals surface area contributed by atoms with Crippen molar-refractivity contribution in [2.45, 2.75) is 120 Å². The smallest absolute Gasteiger partial charge is 0.0408 e. The largest absolute Gasteiger partial charge is 0.261 e. The lowest BCUT2D eigenvalue weighted by molar-refractivity contribution is 0.240. The zero-order chi connectivity index (χ0) is 22.1. The van der Waals surface area contributed by atoms with Gasteiger partial charge in [0.05, 0.1) is 0 Å². The SMILES string of the molecule is CC(C)(C)C1CC1.CC(C)(C)CC1CCCCC1.CC(C)(C)Cc1ccccn1. The van der Waals surface area contributed by atoms with E-state index in [0.717, 1.165) is 18.3 Å².